The van der Waals surface area contributed by atoms with Gasteiger partial charge in [-0.05, 0) is 121 Å². The Bertz CT molecular complexity index is 2610. The van der Waals surface area contributed by atoms with Crippen molar-refractivity contribution in [2.75, 3.05) is 13.7 Å². The van der Waals surface area contributed by atoms with Crippen LogP contribution < -0.4 is 18.9 Å². The van der Waals surface area contributed by atoms with E-state index in [1.807, 2.05) is 26.0 Å². The number of carbonyl (C=O) groups is 4. The number of rotatable bonds is 13. The lowest BCUT2D eigenvalue weighted by molar-refractivity contribution is -0.257. The van der Waals surface area contributed by atoms with Crippen molar-refractivity contribution < 1.29 is 64.1 Å². The van der Waals surface area contributed by atoms with Crippen LogP contribution in [0.4, 0.5) is 17.6 Å². The molecule has 1 N–H and O–H groups in total. The lowest BCUT2D eigenvalue weighted by Crippen LogP contribution is -2.49. The van der Waals surface area contributed by atoms with E-state index >= 15 is 9.18 Å². The number of ether oxygens (including phenoxy) is 4. The van der Waals surface area contributed by atoms with E-state index in [4.69, 9.17) is 23.9 Å². The number of fused-ring (bicyclic) bond motifs is 3. The van der Waals surface area contributed by atoms with Crippen LogP contribution in [0.3, 0.4) is 0 Å². The maximum absolute atomic E-state index is 15.4. The van der Waals surface area contributed by atoms with Crippen LogP contribution in [0.5, 0.6) is 17.2 Å². The molecular weight excluding hydrogens is 923 g/mol. The van der Waals surface area contributed by atoms with Crippen molar-refractivity contribution in [3.05, 3.63) is 60.4 Å². The van der Waals surface area contributed by atoms with Gasteiger partial charge in [-0.2, -0.15) is 13.2 Å². The molecule has 2 amide bonds. The summed E-state index contributed by atoms with van der Waals surface area (Å²) in [5, 5.41) is 0.517. The third-order valence-electron chi connectivity index (χ3n) is 14.4. The lowest BCUT2D eigenvalue weighted by Gasteiger charge is -2.34. The molecule has 0 radical (unpaired) electrons. The minimum Gasteiger partial charge on any atom is -0.497 e. The normalized spacial score (nSPS) is 26.8. The number of amides is 2. The molecule has 1 saturated heterocycles. The molecule has 13 nitrogen and oxygen atoms in total. The zero-order valence-corrected chi connectivity index (χ0v) is 41.2. The zero-order valence-electron chi connectivity index (χ0n) is 40.4. The Kier molecular flexibility index (Phi) is 14.6. The summed E-state index contributed by atoms with van der Waals surface area (Å²) in [6.07, 6.45) is -0.620. The van der Waals surface area contributed by atoms with Crippen molar-refractivity contribution in [3.63, 3.8) is 0 Å². The molecule has 0 spiro atoms. The number of methoxy groups -OCH3 is 1. The van der Waals surface area contributed by atoms with Gasteiger partial charge in [0, 0.05) is 35.9 Å². The largest absolute Gasteiger partial charge is 0.497 e. The molecule has 18 heteroatoms. The molecule has 3 heterocycles. The van der Waals surface area contributed by atoms with Gasteiger partial charge in [-0.25, -0.2) is 17.8 Å². The minimum atomic E-state index is -4.90. The molecule has 2 saturated carbocycles. The van der Waals surface area contributed by atoms with Gasteiger partial charge in [0.05, 0.1) is 59.5 Å². The summed E-state index contributed by atoms with van der Waals surface area (Å²) in [7, 11) is -2.59. The van der Waals surface area contributed by atoms with E-state index < -0.39 is 104 Å². The zero-order chi connectivity index (χ0) is 50.4. The molecule has 4 aliphatic rings. The fourth-order valence-corrected chi connectivity index (χ4v) is 11.0. The maximum atomic E-state index is 15.4. The number of carbonyl (C=O) groups excluding carboxylic acids is 4. The van der Waals surface area contributed by atoms with Gasteiger partial charge in [0.2, 0.25) is 27.4 Å². The fraction of sp³-hybridized carbons (Fsp3) is 0.588. The van der Waals surface area contributed by atoms with Crippen LogP contribution in [-0.2, 0) is 33.9 Å². The summed E-state index contributed by atoms with van der Waals surface area (Å²) < 4.78 is 108. The van der Waals surface area contributed by atoms with Crippen LogP contribution in [0.25, 0.3) is 22.2 Å². The predicted octanol–water partition coefficient (Wildman–Crippen LogP) is 9.44. The Morgan fingerprint density at radius 1 is 1.03 bits per heavy atom. The molecule has 1 aromatic heterocycles. The smallest absolute Gasteiger partial charge is 0.427 e. The summed E-state index contributed by atoms with van der Waals surface area (Å²) in [6, 6.07) is 9.89. The Labute approximate surface area is 401 Å². The van der Waals surface area contributed by atoms with E-state index in [0.717, 1.165) is 13.8 Å². The first-order chi connectivity index (χ1) is 32.3. The topological polar surface area (TPSA) is 168 Å². The number of esters is 1. The van der Waals surface area contributed by atoms with Crippen molar-refractivity contribution in [1.29, 1.82) is 0 Å². The molecule has 7 rings (SSSR count). The first kappa shape index (κ1) is 51.6. The molecule has 3 fully saturated rings. The first-order valence-corrected chi connectivity index (χ1v) is 25.3. The quantitative estimate of drug-likeness (QED) is 0.0985. The number of halogens is 4. The van der Waals surface area contributed by atoms with Gasteiger partial charge in [-0.3, -0.25) is 23.9 Å². The number of nitrogens with one attached hydrogen (secondary N) is 1. The molecule has 2 aliphatic carbocycles. The number of hydrogen-bond donors (Lipinski definition) is 1. The van der Waals surface area contributed by atoms with Crippen molar-refractivity contribution in [3.8, 4) is 28.5 Å². The van der Waals surface area contributed by atoms with Gasteiger partial charge < -0.3 is 23.8 Å². The summed E-state index contributed by atoms with van der Waals surface area (Å²) in [6.45, 7) is 10.2. The van der Waals surface area contributed by atoms with E-state index in [9.17, 15) is 36.0 Å². The number of hydrogen-bond acceptors (Lipinski definition) is 11. The fourth-order valence-electron chi connectivity index (χ4n) is 9.64. The molecule has 2 aromatic carbocycles. The SMILES string of the molecule is CC[C@@H]1C[C@H](C)CC/C=C\[C@@H]2C[C@@]2(C(=O)NS(=O)(=O)C2(C)CC2)CC(=O)C2C[C@@H](Oc3cc(-c4ccc(OC(C)C)c(F)c4)nc4cc(OC)ccc34)CN2C(=O)[C@H]1CC(=O)OC(C)(C)C(F)(F)F. The highest BCUT2D eigenvalue weighted by Gasteiger charge is 2.63. The van der Waals surface area contributed by atoms with Crippen molar-refractivity contribution >= 4 is 44.5 Å². The molecule has 3 aromatic rings. The Balaban J connectivity index is 1.28. The third-order valence-corrected chi connectivity index (χ3v) is 16.6. The van der Waals surface area contributed by atoms with Crippen molar-refractivity contribution in [2.24, 2.45) is 29.1 Å². The number of Topliss-reactive ketones (excluding diaryl/α,β-unsaturated/α-hetero) is 1. The highest BCUT2D eigenvalue weighted by atomic mass is 32.2. The number of nitrogens with zero attached hydrogens (tertiary/aromatic N) is 2. The molecule has 69 heavy (non-hydrogen) atoms. The average Bonchev–Trinajstić information content (AvgIpc) is 4.15. The molecule has 1 unspecified atom stereocenters. The number of sulfonamides is 1. The number of benzene rings is 2. The lowest BCUT2D eigenvalue weighted by atomic mass is 9.79. The summed E-state index contributed by atoms with van der Waals surface area (Å²) in [5.74, 6) is -5.28. The van der Waals surface area contributed by atoms with Gasteiger partial charge >= 0.3 is 12.1 Å². The van der Waals surface area contributed by atoms with Gasteiger partial charge in [0.1, 0.15) is 17.6 Å². The molecule has 0 bridgehead atoms. The summed E-state index contributed by atoms with van der Waals surface area (Å²) in [4.78, 5) is 64.2. The Morgan fingerprint density at radius 2 is 1.75 bits per heavy atom. The van der Waals surface area contributed by atoms with Crippen LogP contribution in [-0.4, -0.2) is 90.3 Å². The molecule has 376 valence electrons. The van der Waals surface area contributed by atoms with Crippen molar-refractivity contribution in [1.82, 2.24) is 14.6 Å². The first-order valence-electron chi connectivity index (χ1n) is 23.8. The molecule has 7 atom stereocenters. The minimum absolute atomic E-state index is 0.0216. The number of pyridine rings is 1. The number of alkyl halides is 3. The van der Waals surface area contributed by atoms with E-state index in [2.05, 4.69) is 4.72 Å². The highest BCUT2D eigenvalue weighted by molar-refractivity contribution is 7.91. The van der Waals surface area contributed by atoms with Crippen LogP contribution in [0.2, 0.25) is 0 Å². The van der Waals surface area contributed by atoms with E-state index in [1.54, 1.807) is 51.1 Å². The van der Waals surface area contributed by atoms with E-state index in [1.165, 1.54) is 24.1 Å². The number of ketones is 1. The van der Waals surface area contributed by atoms with Gasteiger partial charge in [-0.15, -0.1) is 0 Å². The third kappa shape index (κ3) is 11.0. The summed E-state index contributed by atoms with van der Waals surface area (Å²) in [5.41, 5.74) is -3.17. The van der Waals surface area contributed by atoms with Crippen LogP contribution >= 0.6 is 0 Å². The predicted molar refractivity (Wildman–Crippen MR) is 249 cm³/mol. The second-order valence-corrected chi connectivity index (χ2v) is 22.7. The highest BCUT2D eigenvalue weighted by Crippen LogP contribution is 2.58. The van der Waals surface area contributed by atoms with Gasteiger partial charge in [0.25, 0.3) is 0 Å². The number of allylic oxidation sites excluding steroid dienone is 2. The van der Waals surface area contributed by atoms with Crippen LogP contribution in [0, 0.1) is 34.9 Å². The number of aromatic nitrogens is 1. The second-order valence-electron chi connectivity index (χ2n) is 20.5. The Hall–Kier alpha value is -5.26. The second kappa shape index (κ2) is 19.5. The molecular formula is C51H63F4N3O10S. The average molecular weight is 986 g/mol. The standard InChI is InChI=1S/C51H63F4N3O10S/c1-9-31-20-30(4)12-10-11-13-33-26-50(33,47(62)57-69(63,64)49(7)18-19-49)27-42(59)41-23-35(28-58(41)46(61)37(31)24-45(60)68-48(5,6)51(53,54)55)67-44-25-39(56-40-22-34(65-8)15-16-36(40)44)32-14-17-43(38(52)21-32)66-29(2)3/h11,13-17,21-22,25,29-31,33,35,37,41H,9-10,12,18-20,23-24,26-28H2,1-8H3,(H,57,62)/b13-11-/t30-,31-,33-,35-,37+,41?,50-/m1/s1. The maximum Gasteiger partial charge on any atom is 0.427 e. The molecule has 2 aliphatic heterocycles. The van der Waals surface area contributed by atoms with Crippen LogP contribution in [0.15, 0.2) is 54.6 Å². The van der Waals surface area contributed by atoms with Crippen molar-refractivity contribution in [2.45, 2.75) is 147 Å². The van der Waals surface area contributed by atoms with Crippen LogP contribution in [0.1, 0.15) is 113 Å². The Morgan fingerprint density at radius 3 is 2.39 bits per heavy atom. The van der Waals surface area contributed by atoms with Gasteiger partial charge in [-0.1, -0.05) is 32.4 Å². The van der Waals surface area contributed by atoms with Gasteiger partial charge in [0.15, 0.2) is 17.3 Å². The monoisotopic (exact) mass is 985 g/mol. The summed E-state index contributed by atoms with van der Waals surface area (Å²) >= 11 is 0. The van der Waals surface area contributed by atoms with E-state index in [0.29, 0.717) is 66.4 Å². The van der Waals surface area contributed by atoms with E-state index in [-0.39, 0.29) is 42.9 Å².